The van der Waals surface area contributed by atoms with E-state index in [0.717, 1.165) is 24.4 Å². The van der Waals surface area contributed by atoms with Crippen LogP contribution >= 0.6 is 0 Å². The number of benzene rings is 3. The molecule has 3 aromatic carbocycles. The van der Waals surface area contributed by atoms with Crippen molar-refractivity contribution in [3.63, 3.8) is 0 Å². The summed E-state index contributed by atoms with van der Waals surface area (Å²) in [5, 5.41) is 0.478. The number of para-hydroxylation sites is 2. The number of nitrogens with zero attached hydrogens (tertiary/aromatic N) is 2. The molecule has 0 radical (unpaired) electrons. The quantitative estimate of drug-likeness (QED) is 0.343. The Kier molecular flexibility index (Phi) is 6.38. The van der Waals surface area contributed by atoms with Gasteiger partial charge in [0.2, 0.25) is 5.76 Å². The number of rotatable bonds is 8. The molecule has 1 aromatic heterocycles. The summed E-state index contributed by atoms with van der Waals surface area (Å²) in [4.78, 5) is 31.2. The van der Waals surface area contributed by atoms with Crippen LogP contribution in [-0.4, -0.2) is 41.9 Å². The molecule has 0 N–H and O–H groups in total. The van der Waals surface area contributed by atoms with Gasteiger partial charge >= 0.3 is 0 Å². The van der Waals surface area contributed by atoms with E-state index in [1.807, 2.05) is 60.7 Å². The molecular formula is C29H28N2O4. The molecule has 0 saturated carbocycles. The number of amides is 1. The number of fused-ring (bicyclic) bond motifs is 2. The van der Waals surface area contributed by atoms with Gasteiger partial charge in [-0.2, -0.15) is 0 Å². The second kappa shape index (κ2) is 9.76. The van der Waals surface area contributed by atoms with Gasteiger partial charge in [-0.15, -0.1) is 0 Å². The molecule has 2 heterocycles. The summed E-state index contributed by atoms with van der Waals surface area (Å²) in [5.74, 6) is 1.24. The van der Waals surface area contributed by atoms with Crippen LogP contribution in [0.5, 0.6) is 11.5 Å². The third kappa shape index (κ3) is 4.33. The monoisotopic (exact) mass is 468 g/mol. The zero-order chi connectivity index (χ0) is 24.4. The first-order valence-electron chi connectivity index (χ1n) is 12.0. The number of hydrogen-bond acceptors (Lipinski definition) is 5. The highest BCUT2D eigenvalue weighted by Gasteiger charge is 2.42. The van der Waals surface area contributed by atoms with E-state index >= 15 is 0 Å². The van der Waals surface area contributed by atoms with Gasteiger partial charge in [-0.1, -0.05) is 56.3 Å². The maximum Gasteiger partial charge on any atom is 0.290 e. The van der Waals surface area contributed by atoms with Crippen LogP contribution in [0.3, 0.4) is 0 Å². The molecule has 178 valence electrons. The highest BCUT2D eigenvalue weighted by atomic mass is 16.5. The van der Waals surface area contributed by atoms with Crippen molar-refractivity contribution in [2.24, 2.45) is 0 Å². The lowest BCUT2D eigenvalue weighted by Crippen LogP contribution is -2.37. The van der Waals surface area contributed by atoms with Gasteiger partial charge in [-0.25, -0.2) is 0 Å². The normalized spacial score (nSPS) is 15.1. The Balaban J connectivity index is 1.60. The SMILES string of the molecule is CCN(CC)CCN1C(=O)c2oc3ccccc3c(=O)c2C1c1cccc(Oc2ccccc2)c1. The first-order valence-corrected chi connectivity index (χ1v) is 12.0. The summed E-state index contributed by atoms with van der Waals surface area (Å²) in [6.45, 7) is 7.16. The molecule has 6 nitrogen and oxygen atoms in total. The zero-order valence-electron chi connectivity index (χ0n) is 19.9. The molecule has 4 aromatic rings. The fraction of sp³-hybridized carbons (Fsp3) is 0.241. The van der Waals surface area contributed by atoms with Crippen molar-refractivity contribution in [2.75, 3.05) is 26.2 Å². The van der Waals surface area contributed by atoms with Gasteiger partial charge in [0, 0.05) is 13.1 Å². The van der Waals surface area contributed by atoms with E-state index in [9.17, 15) is 9.59 Å². The summed E-state index contributed by atoms with van der Waals surface area (Å²) >= 11 is 0. The number of hydrogen-bond donors (Lipinski definition) is 0. The van der Waals surface area contributed by atoms with Gasteiger partial charge in [0.1, 0.15) is 17.1 Å². The second-order valence-electron chi connectivity index (χ2n) is 8.59. The molecule has 0 aliphatic carbocycles. The van der Waals surface area contributed by atoms with Crippen LogP contribution in [0.2, 0.25) is 0 Å². The zero-order valence-corrected chi connectivity index (χ0v) is 19.9. The molecule has 0 bridgehead atoms. The van der Waals surface area contributed by atoms with Crippen LogP contribution < -0.4 is 10.2 Å². The number of carbonyl (C=O) groups excluding carboxylic acids is 1. The molecule has 1 unspecified atom stereocenters. The predicted molar refractivity (Wildman–Crippen MR) is 136 cm³/mol. The van der Waals surface area contributed by atoms with Crippen LogP contribution in [0.15, 0.2) is 88.1 Å². The molecule has 1 aliphatic rings. The molecule has 5 rings (SSSR count). The maximum absolute atomic E-state index is 13.6. The standard InChI is InChI=1S/C29H28N2O4/c1-3-30(4-2)17-18-31-26(20-11-10-14-22(19-20)34-21-12-6-5-7-13-21)25-27(32)23-15-8-9-16-24(23)35-28(25)29(31)33/h5-16,19,26H,3-4,17-18H2,1-2H3. The minimum atomic E-state index is -0.548. The van der Waals surface area contributed by atoms with Gasteiger partial charge in [0.15, 0.2) is 5.43 Å². The van der Waals surface area contributed by atoms with Crippen molar-refractivity contribution in [3.05, 3.63) is 106 Å². The molecule has 0 fully saturated rings. The first kappa shape index (κ1) is 22.9. The van der Waals surface area contributed by atoms with Crippen molar-refractivity contribution in [2.45, 2.75) is 19.9 Å². The molecule has 6 heteroatoms. The highest BCUT2D eigenvalue weighted by molar-refractivity contribution is 5.99. The Hall–Kier alpha value is -3.90. The van der Waals surface area contributed by atoms with E-state index in [4.69, 9.17) is 9.15 Å². The Morgan fingerprint density at radius 2 is 1.60 bits per heavy atom. The summed E-state index contributed by atoms with van der Waals surface area (Å²) in [7, 11) is 0. The number of likely N-dealkylation sites (N-methyl/N-ethyl adjacent to an activating group) is 1. The summed E-state index contributed by atoms with van der Waals surface area (Å²) in [6.07, 6.45) is 0. The Bertz CT molecular complexity index is 1410. The maximum atomic E-state index is 13.6. The third-order valence-electron chi connectivity index (χ3n) is 6.58. The Morgan fingerprint density at radius 3 is 2.37 bits per heavy atom. The Morgan fingerprint density at radius 1 is 0.886 bits per heavy atom. The molecule has 1 amide bonds. The van der Waals surface area contributed by atoms with Crippen LogP contribution in [0, 0.1) is 0 Å². The van der Waals surface area contributed by atoms with Crippen molar-refractivity contribution in [3.8, 4) is 11.5 Å². The number of ether oxygens (including phenoxy) is 1. The van der Waals surface area contributed by atoms with Gasteiger partial charge in [0.25, 0.3) is 5.91 Å². The fourth-order valence-corrected chi connectivity index (χ4v) is 4.71. The van der Waals surface area contributed by atoms with Gasteiger partial charge in [0.05, 0.1) is 17.0 Å². The average molecular weight is 469 g/mol. The van der Waals surface area contributed by atoms with E-state index in [-0.39, 0.29) is 17.1 Å². The minimum absolute atomic E-state index is 0.132. The molecule has 0 saturated heterocycles. The molecule has 1 atom stereocenters. The van der Waals surface area contributed by atoms with Crippen LogP contribution in [0.4, 0.5) is 0 Å². The van der Waals surface area contributed by atoms with Crippen LogP contribution in [0.25, 0.3) is 11.0 Å². The highest BCUT2D eigenvalue weighted by Crippen LogP contribution is 2.39. The fourth-order valence-electron chi connectivity index (χ4n) is 4.71. The summed E-state index contributed by atoms with van der Waals surface area (Å²) < 4.78 is 12.1. The van der Waals surface area contributed by atoms with Gasteiger partial charge < -0.3 is 19.0 Å². The topological polar surface area (TPSA) is 63.0 Å². The van der Waals surface area contributed by atoms with E-state index < -0.39 is 6.04 Å². The first-order chi connectivity index (χ1) is 17.1. The van der Waals surface area contributed by atoms with E-state index in [2.05, 4.69) is 18.7 Å². The van der Waals surface area contributed by atoms with Crippen molar-refractivity contribution >= 4 is 16.9 Å². The molecule has 1 aliphatic heterocycles. The lowest BCUT2D eigenvalue weighted by atomic mass is 9.98. The van der Waals surface area contributed by atoms with E-state index in [1.54, 1.807) is 23.1 Å². The van der Waals surface area contributed by atoms with E-state index in [1.165, 1.54) is 0 Å². The van der Waals surface area contributed by atoms with Crippen LogP contribution in [-0.2, 0) is 0 Å². The molecular weight excluding hydrogens is 440 g/mol. The van der Waals surface area contributed by atoms with Gasteiger partial charge in [-0.05, 0) is 55.1 Å². The minimum Gasteiger partial charge on any atom is -0.457 e. The third-order valence-corrected chi connectivity index (χ3v) is 6.58. The molecule has 35 heavy (non-hydrogen) atoms. The van der Waals surface area contributed by atoms with Gasteiger partial charge in [-0.3, -0.25) is 9.59 Å². The van der Waals surface area contributed by atoms with Crippen molar-refractivity contribution in [1.29, 1.82) is 0 Å². The van der Waals surface area contributed by atoms with E-state index in [0.29, 0.717) is 35.4 Å². The van der Waals surface area contributed by atoms with Crippen molar-refractivity contribution < 1.29 is 13.9 Å². The molecule has 0 spiro atoms. The predicted octanol–water partition coefficient (Wildman–Crippen LogP) is 5.47. The summed E-state index contributed by atoms with van der Waals surface area (Å²) in [5.41, 5.74) is 1.47. The Labute approximate surface area is 204 Å². The van der Waals surface area contributed by atoms with Crippen molar-refractivity contribution in [1.82, 2.24) is 9.80 Å². The van der Waals surface area contributed by atoms with Crippen LogP contribution in [0.1, 0.15) is 41.6 Å². The largest absolute Gasteiger partial charge is 0.457 e. The second-order valence-corrected chi connectivity index (χ2v) is 8.59. The smallest absolute Gasteiger partial charge is 0.290 e. The lowest BCUT2D eigenvalue weighted by molar-refractivity contribution is 0.0708. The number of carbonyl (C=O) groups is 1. The summed E-state index contributed by atoms with van der Waals surface area (Å²) in [6, 6.07) is 23.7. The average Bonchev–Trinajstić information content (AvgIpc) is 3.17. The lowest BCUT2D eigenvalue weighted by Gasteiger charge is -2.28.